The van der Waals surface area contributed by atoms with Crippen LogP contribution < -0.4 is 0 Å². The zero-order chi connectivity index (χ0) is 15.6. The number of likely N-dealkylation sites (N-methyl/N-ethyl adjacent to an activating group) is 2. The highest BCUT2D eigenvalue weighted by Crippen LogP contribution is 2.28. The van der Waals surface area contributed by atoms with Crippen LogP contribution in [0.25, 0.3) is 0 Å². The van der Waals surface area contributed by atoms with Crippen molar-refractivity contribution >= 4 is 26.0 Å². The summed E-state index contributed by atoms with van der Waals surface area (Å²) in [4.78, 5) is 2.36. The number of rotatable bonds is 4. The Morgan fingerprint density at radius 2 is 2.19 bits per heavy atom. The summed E-state index contributed by atoms with van der Waals surface area (Å²) in [6, 6.07) is 4.89. The molecule has 0 amide bonds. The van der Waals surface area contributed by atoms with Gasteiger partial charge in [-0.05, 0) is 60.1 Å². The van der Waals surface area contributed by atoms with Gasteiger partial charge in [0.15, 0.2) is 0 Å². The molecule has 1 atom stereocenters. The van der Waals surface area contributed by atoms with Crippen LogP contribution in [0.2, 0.25) is 0 Å². The van der Waals surface area contributed by atoms with E-state index in [1.54, 1.807) is 19.2 Å². The van der Waals surface area contributed by atoms with Gasteiger partial charge in [0.1, 0.15) is 0 Å². The van der Waals surface area contributed by atoms with Crippen molar-refractivity contribution in [3.63, 3.8) is 0 Å². The Kier molecular flexibility index (Phi) is 5.43. The molecule has 5 nitrogen and oxygen atoms in total. The van der Waals surface area contributed by atoms with Gasteiger partial charge in [-0.25, -0.2) is 8.42 Å². The molecule has 2 rings (SSSR count). The summed E-state index contributed by atoms with van der Waals surface area (Å²) >= 11 is 3.30. The van der Waals surface area contributed by atoms with E-state index in [1.165, 1.54) is 10.4 Å². The van der Waals surface area contributed by atoms with Crippen LogP contribution in [-0.4, -0.2) is 56.0 Å². The van der Waals surface area contributed by atoms with E-state index in [9.17, 15) is 13.5 Å². The first-order valence-corrected chi connectivity index (χ1v) is 9.15. The van der Waals surface area contributed by atoms with Crippen LogP contribution in [0, 0.1) is 0 Å². The lowest BCUT2D eigenvalue weighted by Gasteiger charge is -2.35. The summed E-state index contributed by atoms with van der Waals surface area (Å²) in [5.41, 5.74) is 0.589. The van der Waals surface area contributed by atoms with Crippen LogP contribution in [0.1, 0.15) is 18.4 Å². The number of nitrogens with zero attached hydrogens (tertiary/aromatic N) is 2. The van der Waals surface area contributed by atoms with Crippen molar-refractivity contribution in [1.29, 1.82) is 0 Å². The van der Waals surface area contributed by atoms with E-state index >= 15 is 0 Å². The van der Waals surface area contributed by atoms with Crippen molar-refractivity contribution in [3.05, 3.63) is 28.2 Å². The summed E-state index contributed by atoms with van der Waals surface area (Å²) in [5.74, 6) is 0. The van der Waals surface area contributed by atoms with E-state index in [1.807, 2.05) is 7.05 Å². The fraction of sp³-hybridized carbons (Fsp3) is 0.571. The molecule has 0 aromatic heterocycles. The summed E-state index contributed by atoms with van der Waals surface area (Å²) in [6.45, 7) is 1.58. The van der Waals surface area contributed by atoms with Crippen molar-refractivity contribution in [2.24, 2.45) is 0 Å². The van der Waals surface area contributed by atoms with Crippen molar-refractivity contribution in [3.8, 4) is 0 Å². The van der Waals surface area contributed by atoms with Crippen LogP contribution in [0.5, 0.6) is 0 Å². The normalized spacial score (nSPS) is 20.9. The number of piperidine rings is 1. The van der Waals surface area contributed by atoms with E-state index in [0.717, 1.165) is 25.9 Å². The van der Waals surface area contributed by atoms with E-state index in [0.29, 0.717) is 10.0 Å². The second kappa shape index (κ2) is 6.75. The largest absolute Gasteiger partial charge is 0.392 e. The molecule has 1 fully saturated rings. The van der Waals surface area contributed by atoms with E-state index in [2.05, 4.69) is 20.8 Å². The maximum Gasteiger partial charge on any atom is 0.244 e. The molecule has 1 aromatic rings. The minimum absolute atomic E-state index is 0.0153. The highest BCUT2D eigenvalue weighted by molar-refractivity contribution is 9.10. The third-order valence-corrected chi connectivity index (χ3v) is 6.85. The van der Waals surface area contributed by atoms with Crippen LogP contribution >= 0.6 is 15.9 Å². The molecular formula is C14H21BrN2O3S. The average Bonchev–Trinajstić information content (AvgIpc) is 2.46. The molecule has 1 saturated heterocycles. The van der Waals surface area contributed by atoms with Crippen LogP contribution in [0.4, 0.5) is 0 Å². The Morgan fingerprint density at radius 3 is 2.81 bits per heavy atom. The monoisotopic (exact) mass is 376 g/mol. The first-order valence-electron chi connectivity index (χ1n) is 6.92. The molecule has 0 saturated carbocycles. The van der Waals surface area contributed by atoms with E-state index in [-0.39, 0.29) is 17.5 Å². The minimum Gasteiger partial charge on any atom is -0.392 e. The fourth-order valence-electron chi connectivity index (χ4n) is 2.63. The van der Waals surface area contributed by atoms with Crippen molar-refractivity contribution in [2.75, 3.05) is 27.2 Å². The summed E-state index contributed by atoms with van der Waals surface area (Å²) < 4.78 is 27.6. The molecule has 1 aliphatic rings. The molecule has 1 unspecified atom stereocenters. The van der Waals surface area contributed by atoms with Gasteiger partial charge in [-0.3, -0.25) is 0 Å². The number of likely N-dealkylation sites (tertiary alicyclic amines) is 1. The number of benzene rings is 1. The number of aliphatic hydroxyl groups is 1. The van der Waals surface area contributed by atoms with Gasteiger partial charge in [-0.2, -0.15) is 4.31 Å². The first-order chi connectivity index (χ1) is 9.86. The lowest BCUT2D eigenvalue weighted by Crippen LogP contribution is -2.47. The molecule has 0 spiro atoms. The Balaban J connectivity index is 2.32. The van der Waals surface area contributed by atoms with Gasteiger partial charge < -0.3 is 10.0 Å². The molecule has 118 valence electrons. The van der Waals surface area contributed by atoms with Gasteiger partial charge in [0.2, 0.25) is 10.0 Å². The SMILES string of the molecule is CN1CCCC(N(C)S(=O)(=O)c2cc(CO)ccc2Br)C1. The van der Waals surface area contributed by atoms with Gasteiger partial charge in [-0.1, -0.05) is 6.07 Å². The highest BCUT2D eigenvalue weighted by Gasteiger charge is 2.31. The number of hydrogen-bond donors (Lipinski definition) is 1. The Labute approximate surface area is 134 Å². The predicted octanol–water partition coefficient (Wildman–Crippen LogP) is 1.66. The highest BCUT2D eigenvalue weighted by atomic mass is 79.9. The third kappa shape index (κ3) is 3.65. The molecule has 1 aromatic carbocycles. The van der Waals surface area contributed by atoms with Crippen LogP contribution in [0.3, 0.4) is 0 Å². The molecule has 1 heterocycles. The third-order valence-electron chi connectivity index (χ3n) is 3.95. The molecule has 0 radical (unpaired) electrons. The zero-order valence-corrected chi connectivity index (χ0v) is 14.7. The van der Waals surface area contributed by atoms with Crippen molar-refractivity contribution < 1.29 is 13.5 Å². The van der Waals surface area contributed by atoms with E-state index < -0.39 is 10.0 Å². The lowest BCUT2D eigenvalue weighted by molar-refractivity contribution is 0.187. The smallest absolute Gasteiger partial charge is 0.244 e. The zero-order valence-electron chi connectivity index (χ0n) is 12.3. The molecule has 0 bridgehead atoms. The molecular weight excluding hydrogens is 356 g/mol. The summed E-state index contributed by atoms with van der Waals surface area (Å²) in [5, 5.41) is 9.21. The Morgan fingerprint density at radius 1 is 1.48 bits per heavy atom. The number of sulfonamides is 1. The quantitative estimate of drug-likeness (QED) is 0.867. The number of aliphatic hydroxyl groups excluding tert-OH is 1. The second-order valence-corrected chi connectivity index (χ2v) is 8.32. The van der Waals surface area contributed by atoms with Gasteiger partial charge in [0, 0.05) is 24.1 Å². The second-order valence-electron chi connectivity index (χ2n) is 5.50. The Bertz CT molecular complexity index is 606. The molecule has 21 heavy (non-hydrogen) atoms. The van der Waals surface area contributed by atoms with Crippen LogP contribution in [-0.2, 0) is 16.6 Å². The number of hydrogen-bond acceptors (Lipinski definition) is 4. The van der Waals surface area contributed by atoms with Gasteiger partial charge in [-0.15, -0.1) is 0 Å². The first kappa shape index (κ1) is 16.9. The van der Waals surface area contributed by atoms with Gasteiger partial charge in [0.25, 0.3) is 0 Å². The van der Waals surface area contributed by atoms with Gasteiger partial charge >= 0.3 is 0 Å². The maximum atomic E-state index is 12.8. The van der Waals surface area contributed by atoms with Crippen LogP contribution in [0.15, 0.2) is 27.6 Å². The molecule has 7 heteroatoms. The fourth-order valence-corrected chi connectivity index (χ4v) is 4.98. The Hall–Kier alpha value is -0.470. The molecule has 1 aliphatic heterocycles. The standard InChI is InChI=1S/C14H21BrN2O3S/c1-16-7-3-4-12(9-16)17(2)21(19,20)14-8-11(10-18)5-6-13(14)15/h5-6,8,12,18H,3-4,7,9-10H2,1-2H3. The number of halogens is 1. The maximum absolute atomic E-state index is 12.8. The minimum atomic E-state index is -3.58. The van der Waals surface area contributed by atoms with E-state index in [4.69, 9.17) is 0 Å². The topological polar surface area (TPSA) is 60.9 Å². The van der Waals surface area contributed by atoms with Crippen molar-refractivity contribution in [2.45, 2.75) is 30.4 Å². The predicted molar refractivity (Wildman–Crippen MR) is 85.5 cm³/mol. The molecule has 1 N–H and O–H groups in total. The van der Waals surface area contributed by atoms with Gasteiger partial charge in [0.05, 0.1) is 11.5 Å². The average molecular weight is 377 g/mol. The summed E-state index contributed by atoms with van der Waals surface area (Å²) in [6.07, 6.45) is 1.87. The summed E-state index contributed by atoms with van der Waals surface area (Å²) in [7, 11) is 0.0684. The van der Waals surface area contributed by atoms with Crippen molar-refractivity contribution in [1.82, 2.24) is 9.21 Å². The molecule has 0 aliphatic carbocycles. The lowest BCUT2D eigenvalue weighted by atomic mass is 10.1.